The molecule has 0 fully saturated rings. The summed E-state index contributed by atoms with van der Waals surface area (Å²) in [6.45, 7) is 5.11. The van der Waals surface area contributed by atoms with Crippen LogP contribution in [0.3, 0.4) is 0 Å². The molecular formula is C29H37NO4. The Kier molecular flexibility index (Phi) is 10.7. The van der Waals surface area contributed by atoms with Gasteiger partial charge in [-0.25, -0.2) is 4.79 Å². The van der Waals surface area contributed by atoms with Crippen molar-refractivity contribution in [2.45, 2.75) is 78.1 Å². The molecule has 0 radical (unpaired) electrons. The predicted molar refractivity (Wildman–Crippen MR) is 135 cm³/mol. The number of carbonyl (C=O) groups excluding carboxylic acids is 1. The topological polar surface area (TPSA) is 61.6 Å². The number of ether oxygens (including phenoxy) is 2. The second-order valence-corrected chi connectivity index (χ2v) is 8.69. The highest BCUT2D eigenvalue weighted by Crippen LogP contribution is 2.24. The Hall–Kier alpha value is -3.08. The van der Waals surface area contributed by atoms with Gasteiger partial charge in [-0.05, 0) is 61.4 Å². The van der Waals surface area contributed by atoms with E-state index in [4.69, 9.17) is 14.0 Å². The van der Waals surface area contributed by atoms with Crippen LogP contribution >= 0.6 is 0 Å². The summed E-state index contributed by atoms with van der Waals surface area (Å²) in [7, 11) is 0. The van der Waals surface area contributed by atoms with Crippen molar-refractivity contribution < 1.29 is 18.8 Å². The highest BCUT2D eigenvalue weighted by Gasteiger charge is 2.11. The Labute approximate surface area is 203 Å². The fourth-order valence-corrected chi connectivity index (χ4v) is 3.74. The number of aryl methyl sites for hydroxylation is 1. The molecule has 0 aliphatic heterocycles. The van der Waals surface area contributed by atoms with Gasteiger partial charge in [-0.3, -0.25) is 0 Å². The summed E-state index contributed by atoms with van der Waals surface area (Å²) < 4.78 is 16.7. The molecule has 0 bridgehead atoms. The maximum Gasteiger partial charge on any atom is 0.343 e. The molecule has 3 rings (SSSR count). The van der Waals surface area contributed by atoms with Crippen LogP contribution in [0.1, 0.15) is 87.8 Å². The van der Waals surface area contributed by atoms with Crippen LogP contribution in [0.5, 0.6) is 11.5 Å². The number of hydrogen-bond acceptors (Lipinski definition) is 5. The van der Waals surface area contributed by atoms with Crippen molar-refractivity contribution in [2.75, 3.05) is 6.61 Å². The van der Waals surface area contributed by atoms with E-state index in [0.29, 0.717) is 17.9 Å². The number of esters is 1. The molecule has 0 saturated heterocycles. The van der Waals surface area contributed by atoms with E-state index in [0.717, 1.165) is 42.0 Å². The molecule has 0 aliphatic carbocycles. The van der Waals surface area contributed by atoms with Crippen molar-refractivity contribution in [1.29, 1.82) is 0 Å². The fourth-order valence-electron chi connectivity index (χ4n) is 3.74. The fraction of sp³-hybridized carbons (Fsp3) is 0.448. The minimum absolute atomic E-state index is 0.394. The zero-order valence-corrected chi connectivity index (χ0v) is 20.6. The molecule has 3 aromatic rings. The maximum absolute atomic E-state index is 12.5. The lowest BCUT2D eigenvalue weighted by molar-refractivity contribution is 0.0734. The van der Waals surface area contributed by atoms with Crippen molar-refractivity contribution in [3.63, 3.8) is 0 Å². The summed E-state index contributed by atoms with van der Waals surface area (Å²) in [5.41, 5.74) is 2.21. The average Bonchev–Trinajstić information content (AvgIpc) is 3.33. The van der Waals surface area contributed by atoms with E-state index in [1.807, 2.05) is 30.3 Å². The summed E-state index contributed by atoms with van der Waals surface area (Å²) in [5, 5.41) is 4.16. The van der Waals surface area contributed by atoms with Gasteiger partial charge in [0.15, 0.2) is 0 Å². The smallest absolute Gasteiger partial charge is 0.343 e. The van der Waals surface area contributed by atoms with Gasteiger partial charge in [0.2, 0.25) is 0 Å². The molecule has 1 aromatic heterocycles. The van der Waals surface area contributed by atoms with E-state index in [1.54, 1.807) is 24.3 Å². The molecule has 0 spiro atoms. The quantitative estimate of drug-likeness (QED) is 0.130. The number of carbonyl (C=O) groups is 1. The number of unbranched alkanes of at least 4 members (excludes halogenated alkanes) is 7. The van der Waals surface area contributed by atoms with Crippen LogP contribution in [0.25, 0.3) is 11.3 Å². The van der Waals surface area contributed by atoms with Crippen molar-refractivity contribution in [3.8, 4) is 22.8 Å². The Balaban J connectivity index is 1.44. The van der Waals surface area contributed by atoms with Gasteiger partial charge in [-0.15, -0.1) is 0 Å². The normalized spacial score (nSPS) is 10.9. The molecule has 0 atom stereocenters. The molecule has 0 saturated carbocycles. The van der Waals surface area contributed by atoms with Gasteiger partial charge < -0.3 is 14.0 Å². The summed E-state index contributed by atoms with van der Waals surface area (Å²) in [4.78, 5) is 12.5. The van der Waals surface area contributed by atoms with E-state index >= 15 is 0 Å². The zero-order valence-electron chi connectivity index (χ0n) is 20.6. The average molecular weight is 464 g/mol. The Bertz CT molecular complexity index is 976. The van der Waals surface area contributed by atoms with Crippen LogP contribution in [0.4, 0.5) is 0 Å². The first-order valence-electron chi connectivity index (χ1n) is 12.7. The molecule has 2 aromatic carbocycles. The van der Waals surface area contributed by atoms with Crippen LogP contribution < -0.4 is 9.47 Å². The van der Waals surface area contributed by atoms with Gasteiger partial charge in [0.05, 0.1) is 12.2 Å². The van der Waals surface area contributed by atoms with Crippen molar-refractivity contribution in [3.05, 3.63) is 65.9 Å². The van der Waals surface area contributed by atoms with E-state index in [-0.39, 0.29) is 0 Å². The lowest BCUT2D eigenvalue weighted by Gasteiger charge is -2.08. The number of aromatic nitrogens is 1. The molecule has 1 heterocycles. The first kappa shape index (κ1) is 25.5. The zero-order chi connectivity index (χ0) is 24.0. The maximum atomic E-state index is 12.5. The van der Waals surface area contributed by atoms with Crippen LogP contribution in [0.2, 0.25) is 0 Å². The highest BCUT2D eigenvalue weighted by molar-refractivity contribution is 5.91. The first-order valence-corrected chi connectivity index (χ1v) is 12.7. The SMILES string of the molecule is CCCCCCCCOc1ccc(C(=O)Oc2ccc(-c3cc(CCCCC)on3)cc2)cc1. The van der Waals surface area contributed by atoms with Crippen LogP contribution in [-0.4, -0.2) is 17.7 Å². The van der Waals surface area contributed by atoms with Crippen molar-refractivity contribution >= 4 is 5.97 Å². The third-order valence-electron chi connectivity index (χ3n) is 5.80. The van der Waals surface area contributed by atoms with E-state index < -0.39 is 5.97 Å². The summed E-state index contributed by atoms with van der Waals surface area (Å²) >= 11 is 0. The molecule has 182 valence electrons. The summed E-state index contributed by atoms with van der Waals surface area (Å²) in [6, 6.07) is 16.4. The van der Waals surface area contributed by atoms with Gasteiger partial charge in [0, 0.05) is 18.1 Å². The molecule has 0 unspecified atom stereocenters. The standard InChI is InChI=1S/C29H37NO4/c1-3-5-7-8-9-11-21-32-25-17-15-24(16-18-25)29(31)33-26-19-13-23(14-20-26)28-22-27(34-30-28)12-10-6-4-2/h13-20,22H,3-12,21H2,1-2H3. The lowest BCUT2D eigenvalue weighted by atomic mass is 10.1. The second-order valence-electron chi connectivity index (χ2n) is 8.69. The van der Waals surface area contributed by atoms with Crippen LogP contribution in [0, 0.1) is 0 Å². The third kappa shape index (κ3) is 8.36. The minimum atomic E-state index is -0.394. The number of nitrogens with zero attached hydrogens (tertiary/aromatic N) is 1. The molecule has 5 nitrogen and oxygen atoms in total. The molecule has 0 amide bonds. The monoisotopic (exact) mass is 463 g/mol. The van der Waals surface area contributed by atoms with Gasteiger partial charge in [0.25, 0.3) is 0 Å². The minimum Gasteiger partial charge on any atom is -0.494 e. The number of hydrogen-bond donors (Lipinski definition) is 0. The Morgan fingerprint density at radius 2 is 1.44 bits per heavy atom. The van der Waals surface area contributed by atoms with Gasteiger partial charge in [-0.2, -0.15) is 0 Å². The van der Waals surface area contributed by atoms with E-state index in [1.165, 1.54) is 44.9 Å². The number of rotatable bonds is 15. The van der Waals surface area contributed by atoms with Gasteiger partial charge in [-0.1, -0.05) is 63.9 Å². The summed E-state index contributed by atoms with van der Waals surface area (Å²) in [5.74, 6) is 1.77. The molecule has 5 heteroatoms. The van der Waals surface area contributed by atoms with Crippen LogP contribution in [-0.2, 0) is 6.42 Å². The van der Waals surface area contributed by atoms with Crippen molar-refractivity contribution in [1.82, 2.24) is 5.16 Å². The van der Waals surface area contributed by atoms with Crippen LogP contribution in [0.15, 0.2) is 59.1 Å². The van der Waals surface area contributed by atoms with Gasteiger partial charge in [0.1, 0.15) is 23.0 Å². The number of benzene rings is 2. The predicted octanol–water partition coefficient (Wildman–Crippen LogP) is 8.03. The molecular weight excluding hydrogens is 426 g/mol. The Morgan fingerprint density at radius 1 is 0.794 bits per heavy atom. The second kappa shape index (κ2) is 14.2. The highest BCUT2D eigenvalue weighted by atomic mass is 16.5. The van der Waals surface area contributed by atoms with Gasteiger partial charge >= 0.3 is 5.97 Å². The molecule has 0 N–H and O–H groups in total. The molecule has 0 aliphatic rings. The lowest BCUT2D eigenvalue weighted by Crippen LogP contribution is -2.08. The third-order valence-corrected chi connectivity index (χ3v) is 5.80. The first-order chi connectivity index (χ1) is 16.7. The largest absolute Gasteiger partial charge is 0.494 e. The van der Waals surface area contributed by atoms with E-state index in [2.05, 4.69) is 19.0 Å². The van der Waals surface area contributed by atoms with E-state index in [9.17, 15) is 4.79 Å². The molecule has 34 heavy (non-hydrogen) atoms. The summed E-state index contributed by atoms with van der Waals surface area (Å²) in [6.07, 6.45) is 11.8. The Morgan fingerprint density at radius 3 is 2.18 bits per heavy atom. The van der Waals surface area contributed by atoms with Crippen molar-refractivity contribution in [2.24, 2.45) is 0 Å².